The summed E-state index contributed by atoms with van der Waals surface area (Å²) in [5, 5.41) is 18.1. The van der Waals surface area contributed by atoms with E-state index in [1.807, 2.05) is 24.6 Å². The molecule has 0 unspecified atom stereocenters. The van der Waals surface area contributed by atoms with E-state index in [0.717, 1.165) is 29.9 Å². The van der Waals surface area contributed by atoms with Gasteiger partial charge in [0.15, 0.2) is 0 Å². The van der Waals surface area contributed by atoms with E-state index in [0.29, 0.717) is 13.1 Å². The lowest BCUT2D eigenvalue weighted by molar-refractivity contribution is -0.384. The van der Waals surface area contributed by atoms with Crippen molar-refractivity contribution in [2.24, 2.45) is 0 Å². The molecule has 0 spiro atoms. The van der Waals surface area contributed by atoms with Gasteiger partial charge in [-0.05, 0) is 32.4 Å². The zero-order valence-corrected chi connectivity index (χ0v) is 12.0. The number of nitro groups is 1. The molecule has 6 nitrogen and oxygen atoms in total. The molecule has 1 aromatic heterocycles. The summed E-state index contributed by atoms with van der Waals surface area (Å²) in [6.07, 6.45) is 0.732. The first-order chi connectivity index (χ1) is 9.97. The first kappa shape index (κ1) is 15.0. The Hall–Kier alpha value is -2.44. The molecule has 0 aliphatic rings. The Labute approximate surface area is 121 Å². The lowest BCUT2D eigenvalue weighted by Gasteiger charge is -2.08. The molecule has 0 atom stereocenters. The van der Waals surface area contributed by atoms with Crippen LogP contribution in [0.5, 0.6) is 0 Å². The third-order valence-corrected chi connectivity index (χ3v) is 3.12. The number of halogens is 1. The highest BCUT2D eigenvalue weighted by Gasteiger charge is 2.13. The van der Waals surface area contributed by atoms with Crippen molar-refractivity contribution in [2.75, 3.05) is 11.9 Å². The lowest BCUT2D eigenvalue weighted by Crippen LogP contribution is -2.10. The Morgan fingerprint density at radius 3 is 2.76 bits per heavy atom. The second-order valence-electron chi connectivity index (χ2n) is 4.85. The molecular weight excluding hydrogens is 275 g/mol. The molecule has 0 aliphatic carbocycles. The molecule has 1 heterocycles. The molecule has 0 amide bonds. The van der Waals surface area contributed by atoms with Crippen LogP contribution in [0.1, 0.15) is 17.8 Å². The standard InChI is InChI=1S/C14H17FN4O2/c1-10-8-11(2)18(17-10)7-3-6-16-13-9-12(15)4-5-14(13)19(20)21/h4-5,8-9,16H,3,6-7H2,1-2H3. The number of benzene rings is 1. The largest absolute Gasteiger partial charge is 0.379 e. The zero-order chi connectivity index (χ0) is 15.4. The van der Waals surface area contributed by atoms with Gasteiger partial charge >= 0.3 is 0 Å². The highest BCUT2D eigenvalue weighted by atomic mass is 19.1. The van der Waals surface area contributed by atoms with Gasteiger partial charge in [0.2, 0.25) is 0 Å². The maximum Gasteiger partial charge on any atom is 0.292 e. The third kappa shape index (κ3) is 3.77. The molecule has 112 valence electrons. The average molecular weight is 292 g/mol. The Morgan fingerprint density at radius 1 is 1.38 bits per heavy atom. The Balaban J connectivity index is 1.93. The van der Waals surface area contributed by atoms with E-state index in [9.17, 15) is 14.5 Å². The lowest BCUT2D eigenvalue weighted by atomic mass is 10.2. The Bertz CT molecular complexity index is 654. The fourth-order valence-corrected chi connectivity index (χ4v) is 2.16. The maximum atomic E-state index is 13.2. The summed E-state index contributed by atoms with van der Waals surface area (Å²) in [7, 11) is 0. The molecule has 1 aromatic carbocycles. The molecule has 0 saturated heterocycles. The number of nitrogens with one attached hydrogen (secondary N) is 1. The van der Waals surface area contributed by atoms with Gasteiger partial charge in [-0.3, -0.25) is 14.8 Å². The van der Waals surface area contributed by atoms with Crippen molar-refractivity contribution >= 4 is 11.4 Å². The van der Waals surface area contributed by atoms with Gasteiger partial charge in [-0.2, -0.15) is 5.10 Å². The summed E-state index contributed by atoms with van der Waals surface area (Å²) in [6, 6.07) is 5.38. The van der Waals surface area contributed by atoms with Crippen molar-refractivity contribution in [1.29, 1.82) is 0 Å². The van der Waals surface area contributed by atoms with E-state index in [4.69, 9.17) is 0 Å². The first-order valence-corrected chi connectivity index (χ1v) is 6.66. The van der Waals surface area contributed by atoms with Gasteiger partial charge in [0.25, 0.3) is 5.69 Å². The van der Waals surface area contributed by atoms with Gasteiger partial charge in [0.05, 0.1) is 10.6 Å². The molecule has 21 heavy (non-hydrogen) atoms. The first-order valence-electron chi connectivity index (χ1n) is 6.66. The van der Waals surface area contributed by atoms with Crippen LogP contribution in [-0.2, 0) is 6.54 Å². The molecule has 0 radical (unpaired) electrons. The van der Waals surface area contributed by atoms with Gasteiger partial charge in [0.1, 0.15) is 11.5 Å². The number of hydrogen-bond donors (Lipinski definition) is 1. The molecule has 0 fully saturated rings. The van der Waals surface area contributed by atoms with E-state index in [-0.39, 0.29) is 11.4 Å². The summed E-state index contributed by atoms with van der Waals surface area (Å²) < 4.78 is 15.0. The minimum atomic E-state index is -0.525. The van der Waals surface area contributed by atoms with E-state index in [1.54, 1.807) is 0 Å². The van der Waals surface area contributed by atoms with Crippen LogP contribution in [0.2, 0.25) is 0 Å². The molecule has 0 saturated carbocycles. The highest BCUT2D eigenvalue weighted by molar-refractivity contribution is 5.61. The predicted octanol–water partition coefficient (Wildman–Crippen LogP) is 3.05. The number of aromatic nitrogens is 2. The van der Waals surface area contributed by atoms with Gasteiger partial charge in [-0.15, -0.1) is 0 Å². The average Bonchev–Trinajstić information content (AvgIpc) is 2.73. The molecule has 1 N–H and O–H groups in total. The normalized spacial score (nSPS) is 10.6. The number of nitro benzene ring substituents is 1. The third-order valence-electron chi connectivity index (χ3n) is 3.12. The van der Waals surface area contributed by atoms with E-state index in [1.165, 1.54) is 6.07 Å². The van der Waals surface area contributed by atoms with Crippen molar-refractivity contribution in [2.45, 2.75) is 26.8 Å². The van der Waals surface area contributed by atoms with Crippen LogP contribution in [0.3, 0.4) is 0 Å². The summed E-state index contributed by atoms with van der Waals surface area (Å²) in [5.74, 6) is -0.498. The number of anilines is 1. The predicted molar refractivity (Wildman–Crippen MR) is 77.9 cm³/mol. The quantitative estimate of drug-likeness (QED) is 0.504. The zero-order valence-electron chi connectivity index (χ0n) is 12.0. The van der Waals surface area contributed by atoms with Crippen molar-refractivity contribution in [3.63, 3.8) is 0 Å². The van der Waals surface area contributed by atoms with E-state index >= 15 is 0 Å². The molecule has 2 rings (SSSR count). The van der Waals surface area contributed by atoms with Gasteiger partial charge < -0.3 is 5.32 Å². The summed E-state index contributed by atoms with van der Waals surface area (Å²) in [4.78, 5) is 10.3. The van der Waals surface area contributed by atoms with Crippen LogP contribution in [-0.4, -0.2) is 21.2 Å². The van der Waals surface area contributed by atoms with Crippen LogP contribution < -0.4 is 5.32 Å². The molecule has 0 bridgehead atoms. The fourth-order valence-electron chi connectivity index (χ4n) is 2.16. The maximum absolute atomic E-state index is 13.2. The van der Waals surface area contributed by atoms with Crippen LogP contribution in [0.15, 0.2) is 24.3 Å². The Morgan fingerprint density at radius 2 is 2.14 bits per heavy atom. The van der Waals surface area contributed by atoms with Crippen LogP contribution in [0, 0.1) is 29.8 Å². The van der Waals surface area contributed by atoms with E-state index < -0.39 is 10.7 Å². The number of rotatable bonds is 6. The van der Waals surface area contributed by atoms with E-state index in [2.05, 4.69) is 10.4 Å². The van der Waals surface area contributed by atoms with Crippen molar-refractivity contribution in [1.82, 2.24) is 9.78 Å². The monoisotopic (exact) mass is 292 g/mol. The number of nitrogens with zero attached hydrogens (tertiary/aromatic N) is 3. The molecule has 7 heteroatoms. The van der Waals surface area contributed by atoms with Crippen LogP contribution in [0.4, 0.5) is 15.8 Å². The van der Waals surface area contributed by atoms with Crippen molar-refractivity contribution in [3.05, 3.63) is 51.6 Å². The summed E-state index contributed by atoms with van der Waals surface area (Å²) in [5.41, 5.74) is 2.11. The second-order valence-corrected chi connectivity index (χ2v) is 4.85. The van der Waals surface area contributed by atoms with Crippen LogP contribution >= 0.6 is 0 Å². The highest BCUT2D eigenvalue weighted by Crippen LogP contribution is 2.24. The fraction of sp³-hybridized carbons (Fsp3) is 0.357. The number of aryl methyl sites for hydroxylation is 3. The van der Waals surface area contributed by atoms with Gasteiger partial charge in [0, 0.05) is 30.9 Å². The van der Waals surface area contributed by atoms with Crippen molar-refractivity contribution < 1.29 is 9.31 Å². The Kier molecular flexibility index (Phi) is 4.52. The smallest absolute Gasteiger partial charge is 0.292 e. The van der Waals surface area contributed by atoms with Crippen molar-refractivity contribution in [3.8, 4) is 0 Å². The second kappa shape index (κ2) is 6.34. The molecule has 0 aliphatic heterocycles. The minimum absolute atomic E-state index is 0.123. The minimum Gasteiger partial charge on any atom is -0.379 e. The molecular formula is C14H17FN4O2. The van der Waals surface area contributed by atoms with Gasteiger partial charge in [-0.1, -0.05) is 0 Å². The molecule has 2 aromatic rings. The number of hydrogen-bond acceptors (Lipinski definition) is 4. The topological polar surface area (TPSA) is 73.0 Å². The summed E-state index contributed by atoms with van der Waals surface area (Å²) >= 11 is 0. The summed E-state index contributed by atoms with van der Waals surface area (Å²) in [6.45, 7) is 5.11. The van der Waals surface area contributed by atoms with Gasteiger partial charge in [-0.25, -0.2) is 4.39 Å². The van der Waals surface area contributed by atoms with Crippen LogP contribution in [0.25, 0.3) is 0 Å². The SMILES string of the molecule is Cc1cc(C)n(CCCNc2cc(F)ccc2[N+](=O)[O-])n1.